The van der Waals surface area contributed by atoms with Crippen molar-refractivity contribution in [2.45, 2.75) is 13.0 Å². The van der Waals surface area contributed by atoms with E-state index < -0.39 is 0 Å². The van der Waals surface area contributed by atoms with Crippen LogP contribution in [0.25, 0.3) is 11.3 Å². The van der Waals surface area contributed by atoms with E-state index in [9.17, 15) is 0 Å². The van der Waals surface area contributed by atoms with Gasteiger partial charge < -0.3 is 15.2 Å². The van der Waals surface area contributed by atoms with Gasteiger partial charge in [-0.15, -0.1) is 35.3 Å². The lowest BCUT2D eigenvalue weighted by atomic mass is 10.2. The Hall–Kier alpha value is -1.87. The van der Waals surface area contributed by atoms with Crippen LogP contribution in [0.3, 0.4) is 0 Å². The molecular formula is C19H24IN5S. The van der Waals surface area contributed by atoms with E-state index in [0.717, 1.165) is 36.0 Å². The van der Waals surface area contributed by atoms with Crippen LogP contribution in [0, 0.1) is 0 Å². The van der Waals surface area contributed by atoms with Crippen LogP contribution in [-0.4, -0.2) is 41.5 Å². The monoisotopic (exact) mass is 481 g/mol. The molecule has 0 amide bonds. The average Bonchev–Trinajstić information content (AvgIpc) is 3.31. The van der Waals surface area contributed by atoms with E-state index in [1.54, 1.807) is 11.3 Å². The number of benzene rings is 1. The van der Waals surface area contributed by atoms with Crippen LogP contribution in [-0.2, 0) is 13.0 Å². The number of hydrogen-bond donors (Lipinski definition) is 2. The number of aromatic nitrogens is 2. The van der Waals surface area contributed by atoms with Crippen LogP contribution in [0.15, 0.2) is 59.0 Å². The fraction of sp³-hybridized carbons (Fsp3) is 0.263. The molecule has 26 heavy (non-hydrogen) atoms. The van der Waals surface area contributed by atoms with Crippen LogP contribution < -0.4 is 5.32 Å². The Morgan fingerprint density at radius 1 is 1.23 bits per heavy atom. The maximum atomic E-state index is 4.49. The third-order valence-electron chi connectivity index (χ3n) is 3.91. The summed E-state index contributed by atoms with van der Waals surface area (Å²) < 4.78 is 0. The van der Waals surface area contributed by atoms with E-state index in [1.807, 2.05) is 38.5 Å². The van der Waals surface area contributed by atoms with Crippen molar-refractivity contribution in [1.29, 1.82) is 0 Å². The minimum Gasteiger partial charge on any atom is -0.356 e. The molecular weight excluding hydrogens is 457 g/mol. The first kappa shape index (κ1) is 20.4. The van der Waals surface area contributed by atoms with E-state index in [0.29, 0.717) is 6.54 Å². The summed E-state index contributed by atoms with van der Waals surface area (Å²) in [5.41, 5.74) is 2.17. The Kier molecular flexibility index (Phi) is 8.11. The molecule has 1 aromatic carbocycles. The smallest absolute Gasteiger partial charge is 0.193 e. The van der Waals surface area contributed by atoms with Gasteiger partial charge in [-0.3, -0.25) is 4.99 Å². The van der Waals surface area contributed by atoms with Crippen LogP contribution >= 0.6 is 35.3 Å². The van der Waals surface area contributed by atoms with Gasteiger partial charge in [-0.25, -0.2) is 4.98 Å². The second-order valence-electron chi connectivity index (χ2n) is 5.77. The molecule has 0 atom stereocenters. The number of aliphatic imine (C=N–C) groups is 1. The lowest BCUT2D eigenvalue weighted by Gasteiger charge is -2.21. The van der Waals surface area contributed by atoms with Gasteiger partial charge in [0, 0.05) is 25.5 Å². The first-order chi connectivity index (χ1) is 12.3. The molecule has 0 aliphatic rings. The molecule has 0 aliphatic carbocycles. The molecule has 0 fully saturated rings. The van der Waals surface area contributed by atoms with E-state index >= 15 is 0 Å². The summed E-state index contributed by atoms with van der Waals surface area (Å²) in [6, 6.07) is 14.5. The number of thiophene rings is 1. The molecule has 0 saturated carbocycles. The molecule has 0 spiro atoms. The maximum absolute atomic E-state index is 4.49. The van der Waals surface area contributed by atoms with E-state index in [1.165, 1.54) is 4.88 Å². The number of aromatic amines is 1. The molecule has 0 unspecified atom stereocenters. The Morgan fingerprint density at radius 2 is 2.04 bits per heavy atom. The van der Waals surface area contributed by atoms with E-state index in [2.05, 4.69) is 54.8 Å². The predicted octanol–water partition coefficient (Wildman–Crippen LogP) is 4.01. The van der Waals surface area contributed by atoms with Crippen molar-refractivity contribution in [2.24, 2.45) is 4.99 Å². The van der Waals surface area contributed by atoms with Crippen molar-refractivity contribution in [2.75, 3.05) is 20.6 Å². The summed E-state index contributed by atoms with van der Waals surface area (Å²) in [5.74, 6) is 1.79. The summed E-state index contributed by atoms with van der Waals surface area (Å²) in [5, 5.41) is 5.52. The third-order valence-corrected chi connectivity index (χ3v) is 4.84. The lowest BCUT2D eigenvalue weighted by Crippen LogP contribution is -2.39. The number of nitrogens with zero attached hydrogens (tertiary/aromatic N) is 3. The standard InChI is InChI=1S/C19H23N5S.HI/c1-20-19(21-11-10-16-9-6-12-25-16)24(2)14-18-22-13-17(23-18)15-7-4-3-5-8-15;/h3-9,12-13H,10-11,14H2,1-2H3,(H,20,21)(H,22,23);1H. The van der Waals surface area contributed by atoms with Gasteiger partial charge >= 0.3 is 0 Å². The summed E-state index contributed by atoms with van der Waals surface area (Å²) >= 11 is 1.79. The van der Waals surface area contributed by atoms with Crippen LogP contribution in [0.1, 0.15) is 10.7 Å². The molecule has 3 aromatic rings. The second-order valence-corrected chi connectivity index (χ2v) is 6.80. The fourth-order valence-electron chi connectivity index (χ4n) is 2.64. The van der Waals surface area contributed by atoms with Gasteiger partial charge in [-0.2, -0.15) is 0 Å². The zero-order chi connectivity index (χ0) is 17.5. The number of rotatable bonds is 6. The van der Waals surface area contributed by atoms with Crippen molar-refractivity contribution < 1.29 is 0 Å². The van der Waals surface area contributed by atoms with Crippen LogP contribution in [0.2, 0.25) is 0 Å². The van der Waals surface area contributed by atoms with E-state index in [4.69, 9.17) is 0 Å². The van der Waals surface area contributed by atoms with Crippen molar-refractivity contribution in [1.82, 2.24) is 20.2 Å². The molecule has 0 bridgehead atoms. The normalized spacial score (nSPS) is 11.1. The Bertz CT molecular complexity index is 798. The van der Waals surface area contributed by atoms with Gasteiger partial charge in [0.1, 0.15) is 5.82 Å². The highest BCUT2D eigenvalue weighted by Crippen LogP contribution is 2.16. The molecule has 138 valence electrons. The summed E-state index contributed by atoms with van der Waals surface area (Å²) in [7, 11) is 3.83. The quantitative estimate of drug-likeness (QED) is 0.318. The molecule has 0 aliphatic heterocycles. The molecule has 7 heteroatoms. The lowest BCUT2D eigenvalue weighted by molar-refractivity contribution is 0.464. The van der Waals surface area contributed by atoms with Gasteiger partial charge in [0.2, 0.25) is 0 Å². The first-order valence-electron chi connectivity index (χ1n) is 8.29. The summed E-state index contributed by atoms with van der Waals surface area (Å²) in [4.78, 5) is 15.7. The zero-order valence-electron chi connectivity index (χ0n) is 15.0. The minimum absolute atomic E-state index is 0. The molecule has 5 nitrogen and oxygen atoms in total. The maximum Gasteiger partial charge on any atom is 0.193 e. The van der Waals surface area contributed by atoms with Crippen molar-refractivity contribution >= 4 is 41.3 Å². The number of hydrogen-bond acceptors (Lipinski definition) is 3. The van der Waals surface area contributed by atoms with E-state index in [-0.39, 0.29) is 24.0 Å². The predicted molar refractivity (Wildman–Crippen MR) is 120 cm³/mol. The average molecular weight is 481 g/mol. The highest BCUT2D eigenvalue weighted by molar-refractivity contribution is 14.0. The number of H-pyrrole nitrogens is 1. The zero-order valence-corrected chi connectivity index (χ0v) is 18.1. The summed E-state index contributed by atoms with van der Waals surface area (Å²) in [6.07, 6.45) is 2.88. The summed E-state index contributed by atoms with van der Waals surface area (Å²) in [6.45, 7) is 1.54. The molecule has 3 rings (SSSR count). The number of guanidine groups is 1. The van der Waals surface area contributed by atoms with Crippen LogP contribution in [0.5, 0.6) is 0 Å². The van der Waals surface area contributed by atoms with Gasteiger partial charge in [0.15, 0.2) is 5.96 Å². The SMILES string of the molecule is CN=C(NCCc1cccs1)N(C)Cc1ncc(-c2ccccc2)[nH]1.I. The van der Waals surface area contributed by atoms with Crippen molar-refractivity contribution in [3.8, 4) is 11.3 Å². The van der Waals surface area contributed by atoms with Gasteiger partial charge in [0.25, 0.3) is 0 Å². The molecule has 0 saturated heterocycles. The number of imidazole rings is 1. The Labute approximate surface area is 175 Å². The van der Waals surface area contributed by atoms with Gasteiger partial charge in [0.05, 0.1) is 18.4 Å². The van der Waals surface area contributed by atoms with Gasteiger partial charge in [-0.1, -0.05) is 36.4 Å². The minimum atomic E-state index is 0. The first-order valence-corrected chi connectivity index (χ1v) is 9.17. The topological polar surface area (TPSA) is 56.3 Å². The number of nitrogens with one attached hydrogen (secondary N) is 2. The number of halogens is 1. The van der Waals surface area contributed by atoms with Crippen LogP contribution in [0.4, 0.5) is 0 Å². The molecule has 2 N–H and O–H groups in total. The Morgan fingerprint density at radius 3 is 2.73 bits per heavy atom. The second kappa shape index (κ2) is 10.3. The van der Waals surface area contributed by atoms with Crippen molar-refractivity contribution in [3.05, 3.63) is 64.7 Å². The molecule has 0 radical (unpaired) electrons. The largest absolute Gasteiger partial charge is 0.356 e. The van der Waals surface area contributed by atoms with Crippen molar-refractivity contribution in [3.63, 3.8) is 0 Å². The Balaban J connectivity index is 0.00000243. The third kappa shape index (κ3) is 5.57. The van der Waals surface area contributed by atoms with Gasteiger partial charge in [-0.05, 0) is 23.4 Å². The highest BCUT2D eigenvalue weighted by atomic mass is 127. The molecule has 2 aromatic heterocycles. The highest BCUT2D eigenvalue weighted by Gasteiger charge is 2.09. The molecule has 2 heterocycles. The fourth-order valence-corrected chi connectivity index (χ4v) is 3.35.